The van der Waals surface area contributed by atoms with Crippen molar-refractivity contribution in [2.24, 2.45) is 0 Å². The molecule has 0 aliphatic rings. The number of para-hydroxylation sites is 1. The lowest BCUT2D eigenvalue weighted by Crippen LogP contribution is -2.23. The maximum Gasteiger partial charge on any atom is 0.226 e. The van der Waals surface area contributed by atoms with E-state index in [-0.39, 0.29) is 5.91 Å². The second-order valence-corrected chi connectivity index (χ2v) is 4.66. The molecule has 3 heteroatoms. The van der Waals surface area contributed by atoms with E-state index >= 15 is 0 Å². The van der Waals surface area contributed by atoms with Crippen LogP contribution in [0.15, 0.2) is 54.6 Å². The summed E-state index contributed by atoms with van der Waals surface area (Å²) in [6, 6.07) is 17.9. The molecule has 0 unspecified atom stereocenters. The van der Waals surface area contributed by atoms with Gasteiger partial charge >= 0.3 is 0 Å². The molecule has 0 fully saturated rings. The Balaban J connectivity index is 2.09. The van der Waals surface area contributed by atoms with E-state index in [1.165, 1.54) is 0 Å². The molecule has 19 heavy (non-hydrogen) atoms. The third-order valence-electron chi connectivity index (χ3n) is 2.84. The van der Waals surface area contributed by atoms with E-state index in [0.717, 1.165) is 16.9 Å². The van der Waals surface area contributed by atoms with E-state index in [1.807, 2.05) is 54.6 Å². The predicted octanol–water partition coefficient (Wildman–Crippen LogP) is 3.06. The Morgan fingerprint density at radius 2 is 1.68 bits per heavy atom. The van der Waals surface area contributed by atoms with Gasteiger partial charge in [0.25, 0.3) is 0 Å². The molecule has 0 aromatic heterocycles. The van der Waals surface area contributed by atoms with Crippen LogP contribution in [-0.2, 0) is 11.2 Å². The maximum absolute atomic E-state index is 11.7. The first-order valence-corrected chi connectivity index (χ1v) is 6.26. The van der Waals surface area contributed by atoms with Crippen LogP contribution in [0, 0.1) is 0 Å². The molecule has 3 nitrogen and oxygen atoms in total. The number of nitrogens with zero attached hydrogens (tertiary/aromatic N) is 1. The van der Waals surface area contributed by atoms with Crippen molar-refractivity contribution in [1.29, 1.82) is 0 Å². The van der Waals surface area contributed by atoms with Crippen LogP contribution in [0.1, 0.15) is 5.56 Å². The van der Waals surface area contributed by atoms with Crippen LogP contribution in [0.2, 0.25) is 0 Å². The first-order valence-electron chi connectivity index (χ1n) is 6.26. The van der Waals surface area contributed by atoms with Gasteiger partial charge in [0.05, 0.1) is 6.42 Å². The predicted molar refractivity (Wildman–Crippen MR) is 78.6 cm³/mol. The number of hydrogen-bond donors (Lipinski definition) is 1. The smallest absolute Gasteiger partial charge is 0.226 e. The van der Waals surface area contributed by atoms with Crippen LogP contribution in [0.5, 0.6) is 0 Å². The molecule has 1 N–H and O–H groups in total. The van der Waals surface area contributed by atoms with E-state index in [4.69, 9.17) is 0 Å². The highest BCUT2D eigenvalue weighted by Crippen LogP contribution is 2.17. The molecular weight excluding hydrogens is 236 g/mol. The molecule has 1 amide bonds. The largest absolute Gasteiger partial charge is 0.356 e. The average molecular weight is 254 g/mol. The number of nitrogens with one attached hydrogen (secondary N) is 1. The average Bonchev–Trinajstić information content (AvgIpc) is 2.40. The van der Waals surface area contributed by atoms with Crippen molar-refractivity contribution in [2.45, 2.75) is 6.42 Å². The highest BCUT2D eigenvalue weighted by Gasteiger charge is 2.05. The number of hydrogen-bond acceptors (Lipinski definition) is 2. The number of benzene rings is 2. The summed E-state index contributed by atoms with van der Waals surface area (Å²) in [5.74, 6) is 0.108. The zero-order chi connectivity index (χ0) is 13.7. The summed E-state index contributed by atoms with van der Waals surface area (Å²) in [6.07, 6.45) is 0.428. The minimum absolute atomic E-state index is 0.108. The van der Waals surface area contributed by atoms with Gasteiger partial charge in [0.15, 0.2) is 0 Å². The summed E-state index contributed by atoms with van der Waals surface area (Å²) in [5, 5.41) is 3.32. The number of rotatable bonds is 4. The Kier molecular flexibility index (Phi) is 4.18. The molecule has 0 bridgehead atoms. The molecule has 2 aromatic rings. The number of likely N-dealkylation sites (N-methyl/N-ethyl adjacent to an activating group) is 1. The Morgan fingerprint density at radius 3 is 2.37 bits per heavy atom. The SMILES string of the molecule is CN(C)C(=O)Cc1cccc(Nc2ccccc2)c1. The topological polar surface area (TPSA) is 32.3 Å². The first kappa shape index (κ1) is 13.1. The summed E-state index contributed by atoms with van der Waals surface area (Å²) in [6.45, 7) is 0. The van der Waals surface area contributed by atoms with Crippen LogP contribution in [0.3, 0.4) is 0 Å². The molecule has 2 rings (SSSR count). The quantitative estimate of drug-likeness (QED) is 0.909. The van der Waals surface area contributed by atoms with Gasteiger partial charge in [-0.05, 0) is 29.8 Å². The highest BCUT2D eigenvalue weighted by atomic mass is 16.2. The molecule has 0 saturated heterocycles. The van der Waals surface area contributed by atoms with Gasteiger partial charge in [0.2, 0.25) is 5.91 Å². The lowest BCUT2D eigenvalue weighted by atomic mass is 10.1. The molecule has 0 aliphatic carbocycles. The first-order chi connectivity index (χ1) is 9.15. The number of anilines is 2. The van der Waals surface area contributed by atoms with Crippen molar-refractivity contribution >= 4 is 17.3 Å². The molecule has 0 saturated carbocycles. The van der Waals surface area contributed by atoms with Gasteiger partial charge in [-0.25, -0.2) is 0 Å². The number of amides is 1. The zero-order valence-corrected chi connectivity index (χ0v) is 11.3. The van der Waals surface area contributed by atoms with Crippen molar-refractivity contribution in [3.05, 3.63) is 60.2 Å². The third-order valence-corrected chi connectivity index (χ3v) is 2.84. The van der Waals surface area contributed by atoms with E-state index in [0.29, 0.717) is 6.42 Å². The van der Waals surface area contributed by atoms with Gasteiger partial charge in [-0.1, -0.05) is 30.3 Å². The van der Waals surface area contributed by atoms with E-state index in [1.54, 1.807) is 19.0 Å². The molecular formula is C16H18N2O. The van der Waals surface area contributed by atoms with Crippen molar-refractivity contribution in [3.8, 4) is 0 Å². The summed E-state index contributed by atoms with van der Waals surface area (Å²) in [4.78, 5) is 13.3. The minimum atomic E-state index is 0.108. The molecule has 0 atom stereocenters. The summed E-state index contributed by atoms with van der Waals surface area (Å²) in [5.41, 5.74) is 3.05. The fraction of sp³-hybridized carbons (Fsp3) is 0.188. The highest BCUT2D eigenvalue weighted by molar-refractivity contribution is 5.78. The van der Waals surface area contributed by atoms with Crippen molar-refractivity contribution < 1.29 is 4.79 Å². The molecule has 0 radical (unpaired) electrons. The molecule has 0 aliphatic heterocycles. The van der Waals surface area contributed by atoms with Crippen LogP contribution in [0.4, 0.5) is 11.4 Å². The number of carbonyl (C=O) groups excluding carboxylic acids is 1. The van der Waals surface area contributed by atoms with Crippen LogP contribution in [0.25, 0.3) is 0 Å². The summed E-state index contributed by atoms with van der Waals surface area (Å²) in [7, 11) is 3.54. The molecule has 0 spiro atoms. The Hall–Kier alpha value is -2.29. The van der Waals surface area contributed by atoms with Gasteiger partial charge in [-0.3, -0.25) is 4.79 Å². The minimum Gasteiger partial charge on any atom is -0.356 e. The van der Waals surface area contributed by atoms with E-state index in [9.17, 15) is 4.79 Å². The van der Waals surface area contributed by atoms with Crippen LogP contribution in [-0.4, -0.2) is 24.9 Å². The van der Waals surface area contributed by atoms with Gasteiger partial charge in [0, 0.05) is 25.5 Å². The van der Waals surface area contributed by atoms with Gasteiger partial charge < -0.3 is 10.2 Å². The lowest BCUT2D eigenvalue weighted by molar-refractivity contribution is -0.127. The van der Waals surface area contributed by atoms with Gasteiger partial charge in [0.1, 0.15) is 0 Å². The van der Waals surface area contributed by atoms with Gasteiger partial charge in [-0.2, -0.15) is 0 Å². The number of carbonyl (C=O) groups is 1. The molecule has 98 valence electrons. The van der Waals surface area contributed by atoms with Crippen molar-refractivity contribution in [3.63, 3.8) is 0 Å². The Bertz CT molecular complexity index is 550. The zero-order valence-electron chi connectivity index (χ0n) is 11.3. The normalized spacial score (nSPS) is 10.0. The molecule has 2 aromatic carbocycles. The van der Waals surface area contributed by atoms with Crippen LogP contribution < -0.4 is 5.32 Å². The monoisotopic (exact) mass is 254 g/mol. The second-order valence-electron chi connectivity index (χ2n) is 4.66. The Labute approximate surface area is 113 Å². The van der Waals surface area contributed by atoms with E-state index in [2.05, 4.69) is 5.32 Å². The third kappa shape index (κ3) is 3.85. The standard InChI is InChI=1S/C16H18N2O/c1-18(2)16(19)12-13-7-6-10-15(11-13)17-14-8-4-3-5-9-14/h3-11,17H,12H2,1-2H3. The Morgan fingerprint density at radius 1 is 1.00 bits per heavy atom. The maximum atomic E-state index is 11.7. The van der Waals surface area contributed by atoms with E-state index < -0.39 is 0 Å². The fourth-order valence-corrected chi connectivity index (χ4v) is 1.78. The van der Waals surface area contributed by atoms with Crippen molar-refractivity contribution in [1.82, 2.24) is 4.90 Å². The second kappa shape index (κ2) is 6.05. The van der Waals surface area contributed by atoms with Crippen LogP contribution >= 0.6 is 0 Å². The summed E-state index contributed by atoms with van der Waals surface area (Å²) >= 11 is 0. The molecule has 0 heterocycles. The summed E-state index contributed by atoms with van der Waals surface area (Å²) < 4.78 is 0. The van der Waals surface area contributed by atoms with Crippen molar-refractivity contribution in [2.75, 3.05) is 19.4 Å². The lowest BCUT2D eigenvalue weighted by Gasteiger charge is -2.11. The van der Waals surface area contributed by atoms with Gasteiger partial charge in [-0.15, -0.1) is 0 Å². The fourth-order valence-electron chi connectivity index (χ4n) is 1.78.